The zero-order valence-corrected chi connectivity index (χ0v) is 7.77. The maximum Gasteiger partial charge on any atom is 0.354 e. The topological polar surface area (TPSA) is 76.7 Å². The molecule has 0 fully saturated rings. The van der Waals surface area contributed by atoms with E-state index in [4.69, 9.17) is 5.73 Å². The largest absolute Gasteiger partial charge is 0.461 e. The molecule has 68 valence electrons. The molecule has 0 aromatic heterocycles. The Bertz CT molecular complexity index is 215. The highest BCUT2D eigenvalue weighted by Gasteiger charge is 2.05. The Balaban J connectivity index is 3.99. The Morgan fingerprint density at radius 1 is 1.75 bits per heavy atom. The fourth-order valence-corrected chi connectivity index (χ4v) is 0.466. The van der Waals surface area contributed by atoms with Gasteiger partial charge in [-0.3, -0.25) is 5.43 Å². The van der Waals surface area contributed by atoms with Gasteiger partial charge in [0.1, 0.15) is 5.71 Å². The average molecular weight is 189 g/mol. The van der Waals surface area contributed by atoms with Gasteiger partial charge in [0, 0.05) is 0 Å². The molecule has 0 spiro atoms. The molecule has 12 heavy (non-hydrogen) atoms. The minimum Gasteiger partial charge on any atom is -0.461 e. The third-order valence-corrected chi connectivity index (χ3v) is 0.996. The SMILES string of the molecule is CCOC(=O)/C(C)=N\NC(N)=S. The molecule has 0 unspecified atom stereocenters. The first-order chi connectivity index (χ1) is 5.57. The summed E-state index contributed by atoms with van der Waals surface area (Å²) in [6.07, 6.45) is 0. The summed E-state index contributed by atoms with van der Waals surface area (Å²) in [5.74, 6) is -0.485. The summed E-state index contributed by atoms with van der Waals surface area (Å²) in [6, 6.07) is 0. The van der Waals surface area contributed by atoms with Crippen LogP contribution < -0.4 is 11.2 Å². The summed E-state index contributed by atoms with van der Waals surface area (Å²) in [5.41, 5.74) is 7.54. The van der Waals surface area contributed by atoms with Crippen molar-refractivity contribution in [1.29, 1.82) is 0 Å². The van der Waals surface area contributed by atoms with Gasteiger partial charge >= 0.3 is 5.97 Å². The molecular formula is C6H11N3O2S. The van der Waals surface area contributed by atoms with Crippen LogP contribution in [0.1, 0.15) is 13.8 Å². The Morgan fingerprint density at radius 3 is 2.75 bits per heavy atom. The third-order valence-electron chi connectivity index (χ3n) is 0.905. The molecule has 0 aliphatic heterocycles. The van der Waals surface area contributed by atoms with Crippen LogP contribution in [0.5, 0.6) is 0 Å². The fraction of sp³-hybridized carbons (Fsp3) is 0.500. The molecule has 0 bridgehead atoms. The van der Waals surface area contributed by atoms with E-state index >= 15 is 0 Å². The van der Waals surface area contributed by atoms with E-state index < -0.39 is 5.97 Å². The molecule has 0 aliphatic rings. The van der Waals surface area contributed by atoms with Crippen molar-refractivity contribution in [1.82, 2.24) is 5.43 Å². The standard InChI is InChI=1S/C6H11N3O2S/c1-3-11-5(10)4(2)8-9-6(7)12/h3H2,1-2H3,(H3,7,9,12)/b8-4-. The minimum absolute atomic E-state index is 0.0126. The van der Waals surface area contributed by atoms with E-state index in [-0.39, 0.29) is 10.8 Å². The fourth-order valence-electron chi connectivity index (χ4n) is 0.420. The Morgan fingerprint density at radius 2 is 2.33 bits per heavy atom. The molecular weight excluding hydrogens is 178 g/mol. The summed E-state index contributed by atoms with van der Waals surface area (Å²) in [5, 5.41) is 3.58. The Hall–Kier alpha value is -1.17. The summed E-state index contributed by atoms with van der Waals surface area (Å²) < 4.78 is 4.64. The number of esters is 1. The van der Waals surface area contributed by atoms with Crippen molar-refractivity contribution in [3.05, 3.63) is 0 Å². The lowest BCUT2D eigenvalue weighted by Gasteiger charge is -2.00. The molecule has 3 N–H and O–H groups in total. The van der Waals surface area contributed by atoms with Crippen LogP contribution in [-0.4, -0.2) is 23.4 Å². The number of hydrazone groups is 1. The van der Waals surface area contributed by atoms with Gasteiger partial charge in [-0.2, -0.15) is 5.10 Å². The number of nitrogens with one attached hydrogen (secondary N) is 1. The van der Waals surface area contributed by atoms with Crippen molar-refractivity contribution in [2.75, 3.05) is 6.61 Å². The quantitative estimate of drug-likeness (QED) is 0.277. The average Bonchev–Trinajstić information content (AvgIpc) is 2.00. The number of rotatable bonds is 3. The predicted molar refractivity (Wildman–Crippen MR) is 49.7 cm³/mol. The van der Waals surface area contributed by atoms with Gasteiger partial charge in [0.25, 0.3) is 0 Å². The molecule has 0 saturated heterocycles. The van der Waals surface area contributed by atoms with E-state index in [2.05, 4.69) is 27.5 Å². The highest BCUT2D eigenvalue weighted by Crippen LogP contribution is 1.82. The van der Waals surface area contributed by atoms with Gasteiger partial charge < -0.3 is 10.5 Å². The number of carbonyl (C=O) groups excluding carboxylic acids is 1. The molecule has 0 amide bonds. The van der Waals surface area contributed by atoms with Crippen molar-refractivity contribution in [3.8, 4) is 0 Å². The molecule has 0 aliphatic carbocycles. The lowest BCUT2D eigenvalue weighted by molar-refractivity contribution is -0.135. The lowest BCUT2D eigenvalue weighted by atomic mass is 10.4. The first kappa shape index (κ1) is 10.8. The van der Waals surface area contributed by atoms with E-state index in [0.29, 0.717) is 6.61 Å². The summed E-state index contributed by atoms with van der Waals surface area (Å²) in [6.45, 7) is 3.54. The van der Waals surface area contributed by atoms with Crippen molar-refractivity contribution < 1.29 is 9.53 Å². The second-order valence-electron chi connectivity index (χ2n) is 1.89. The maximum absolute atomic E-state index is 10.9. The summed E-state index contributed by atoms with van der Waals surface area (Å²) in [4.78, 5) is 10.9. The van der Waals surface area contributed by atoms with Gasteiger partial charge in [0.05, 0.1) is 6.61 Å². The minimum atomic E-state index is -0.485. The number of ether oxygens (including phenoxy) is 1. The van der Waals surface area contributed by atoms with Gasteiger partial charge in [-0.25, -0.2) is 4.79 Å². The van der Waals surface area contributed by atoms with Crippen LogP contribution in [0.25, 0.3) is 0 Å². The number of carbonyl (C=O) groups is 1. The van der Waals surface area contributed by atoms with Gasteiger partial charge in [0.15, 0.2) is 5.11 Å². The van der Waals surface area contributed by atoms with Crippen LogP contribution in [0.4, 0.5) is 0 Å². The normalized spacial score (nSPS) is 10.7. The second kappa shape index (κ2) is 5.48. The highest BCUT2D eigenvalue weighted by molar-refractivity contribution is 7.80. The summed E-state index contributed by atoms with van der Waals surface area (Å²) >= 11 is 4.47. The monoisotopic (exact) mass is 189 g/mol. The zero-order valence-electron chi connectivity index (χ0n) is 6.96. The van der Waals surface area contributed by atoms with Gasteiger partial charge in [-0.1, -0.05) is 0 Å². The van der Waals surface area contributed by atoms with Crippen molar-refractivity contribution in [2.45, 2.75) is 13.8 Å². The van der Waals surface area contributed by atoms with Crippen molar-refractivity contribution >= 4 is 29.0 Å². The van der Waals surface area contributed by atoms with Crippen LogP contribution in [0.2, 0.25) is 0 Å². The number of thiocarbonyl (C=S) groups is 1. The van der Waals surface area contributed by atoms with Gasteiger partial charge in [0.2, 0.25) is 0 Å². The van der Waals surface area contributed by atoms with E-state index in [1.165, 1.54) is 6.92 Å². The van der Waals surface area contributed by atoms with E-state index in [1.54, 1.807) is 6.92 Å². The van der Waals surface area contributed by atoms with E-state index in [0.717, 1.165) is 0 Å². The Kier molecular flexibility index (Phi) is 4.94. The molecule has 0 atom stereocenters. The number of hydrogen-bond donors (Lipinski definition) is 2. The smallest absolute Gasteiger partial charge is 0.354 e. The number of nitrogens with two attached hydrogens (primary N) is 1. The molecule has 0 aromatic carbocycles. The van der Waals surface area contributed by atoms with E-state index in [1.807, 2.05) is 0 Å². The number of nitrogens with zero attached hydrogens (tertiary/aromatic N) is 1. The third kappa shape index (κ3) is 4.62. The predicted octanol–water partition coefficient (Wildman–Crippen LogP) is -0.241. The first-order valence-electron chi connectivity index (χ1n) is 3.34. The molecule has 0 rings (SSSR count). The molecule has 0 saturated carbocycles. The Labute approximate surface area is 76.0 Å². The van der Waals surface area contributed by atoms with Crippen LogP contribution in [0.3, 0.4) is 0 Å². The molecule has 5 nitrogen and oxygen atoms in total. The van der Waals surface area contributed by atoms with Crippen LogP contribution >= 0.6 is 12.2 Å². The molecule has 6 heteroatoms. The van der Waals surface area contributed by atoms with Crippen LogP contribution in [0.15, 0.2) is 5.10 Å². The first-order valence-corrected chi connectivity index (χ1v) is 3.75. The van der Waals surface area contributed by atoms with Crippen LogP contribution in [-0.2, 0) is 9.53 Å². The highest BCUT2D eigenvalue weighted by atomic mass is 32.1. The number of hydrogen-bond acceptors (Lipinski definition) is 4. The molecule has 0 radical (unpaired) electrons. The second-order valence-corrected chi connectivity index (χ2v) is 2.33. The van der Waals surface area contributed by atoms with Crippen molar-refractivity contribution in [3.63, 3.8) is 0 Å². The van der Waals surface area contributed by atoms with Gasteiger partial charge in [-0.15, -0.1) is 0 Å². The lowest BCUT2D eigenvalue weighted by Crippen LogP contribution is -2.27. The summed E-state index contributed by atoms with van der Waals surface area (Å²) in [7, 11) is 0. The zero-order chi connectivity index (χ0) is 9.56. The molecule has 0 heterocycles. The maximum atomic E-state index is 10.9. The van der Waals surface area contributed by atoms with Gasteiger partial charge in [-0.05, 0) is 26.1 Å². The van der Waals surface area contributed by atoms with Crippen LogP contribution in [0, 0.1) is 0 Å². The molecule has 0 aromatic rings. The van der Waals surface area contributed by atoms with Crippen molar-refractivity contribution in [2.24, 2.45) is 10.8 Å². The van der Waals surface area contributed by atoms with E-state index in [9.17, 15) is 4.79 Å².